The maximum atomic E-state index is 4.35. The fraction of sp³-hybridized carbons (Fsp3) is 1.00. The van der Waals surface area contributed by atoms with Gasteiger partial charge in [0.1, 0.15) is 0 Å². The van der Waals surface area contributed by atoms with Gasteiger partial charge in [-0.3, -0.25) is 0 Å². The summed E-state index contributed by atoms with van der Waals surface area (Å²) in [6.45, 7) is 1.31. The molecular weight excluding hydrogens is 112 g/mol. The molecule has 1 rings (SSSR count). The van der Waals surface area contributed by atoms with Crippen LogP contribution in [0.15, 0.2) is 0 Å². The lowest BCUT2D eigenvalue weighted by Gasteiger charge is -2.06. The Morgan fingerprint density at radius 1 is 1.00 bits per heavy atom. The van der Waals surface area contributed by atoms with Crippen LogP contribution in [-0.2, 0) is 14.8 Å². The Kier molecular flexibility index (Phi) is 4.32. The molecule has 0 aromatic rings. The molecule has 0 spiro atoms. The van der Waals surface area contributed by atoms with Crippen LogP contribution in [0.1, 0.15) is 6.42 Å². The molecule has 1 heterocycles. The summed E-state index contributed by atoms with van der Waals surface area (Å²) in [5.74, 6) is 0. The summed E-state index contributed by atoms with van der Waals surface area (Å²) in [6.07, 6.45) is 0.931. The van der Waals surface area contributed by atoms with Gasteiger partial charge in [0.05, 0.1) is 13.2 Å². The minimum absolute atomic E-state index is 0. The molecule has 0 amide bonds. The third-order valence-electron chi connectivity index (χ3n) is 0.552. The van der Waals surface area contributed by atoms with Crippen molar-refractivity contribution in [1.29, 1.82) is 0 Å². The van der Waals surface area contributed by atoms with Crippen molar-refractivity contribution in [1.82, 2.24) is 0 Å². The molecular formula is C3H10O3Si. The van der Waals surface area contributed by atoms with Crippen LogP contribution in [0, 0.1) is 0 Å². The number of hydrogen-bond acceptors (Lipinski definition) is 3. The van der Waals surface area contributed by atoms with Gasteiger partial charge < -0.3 is 0 Å². The van der Waals surface area contributed by atoms with Crippen LogP contribution >= 0.6 is 0 Å². The van der Waals surface area contributed by atoms with Crippen LogP contribution in [-0.4, -0.2) is 24.2 Å². The zero-order chi connectivity index (χ0) is 4.24. The SMILES string of the molecule is C1COOOC1.[SiH4]. The van der Waals surface area contributed by atoms with E-state index in [0.717, 1.165) is 6.42 Å². The molecule has 1 aliphatic heterocycles. The first-order chi connectivity index (χ1) is 3.00. The fourth-order valence-electron chi connectivity index (χ4n) is 0.279. The summed E-state index contributed by atoms with van der Waals surface area (Å²) in [4.78, 5) is 8.69. The van der Waals surface area contributed by atoms with E-state index in [2.05, 4.69) is 14.8 Å². The lowest BCUT2D eigenvalue weighted by atomic mass is 10.5. The Labute approximate surface area is 46.4 Å². The average Bonchev–Trinajstić information content (AvgIpc) is 1.72. The van der Waals surface area contributed by atoms with Crippen LogP contribution in [0.5, 0.6) is 0 Å². The highest BCUT2D eigenvalue weighted by Crippen LogP contribution is 1.93. The summed E-state index contributed by atoms with van der Waals surface area (Å²) < 4.78 is 0. The molecule has 7 heavy (non-hydrogen) atoms. The molecule has 0 unspecified atom stereocenters. The van der Waals surface area contributed by atoms with E-state index in [0.29, 0.717) is 13.2 Å². The summed E-state index contributed by atoms with van der Waals surface area (Å²) in [5.41, 5.74) is 0. The first kappa shape index (κ1) is 7.10. The smallest absolute Gasteiger partial charge is 0.0877 e. The highest BCUT2D eigenvalue weighted by molar-refractivity contribution is 5.75. The topological polar surface area (TPSA) is 27.7 Å². The van der Waals surface area contributed by atoms with Gasteiger partial charge in [0, 0.05) is 6.42 Å². The zero-order valence-electron chi connectivity index (χ0n) is 3.35. The van der Waals surface area contributed by atoms with Gasteiger partial charge in [0.25, 0.3) is 0 Å². The number of hydrogen-bond donors (Lipinski definition) is 0. The van der Waals surface area contributed by atoms with Crippen molar-refractivity contribution in [3.05, 3.63) is 0 Å². The largest absolute Gasteiger partial charge is 0.206 e. The van der Waals surface area contributed by atoms with Gasteiger partial charge in [0.2, 0.25) is 0 Å². The van der Waals surface area contributed by atoms with Crippen molar-refractivity contribution in [3.8, 4) is 0 Å². The summed E-state index contributed by atoms with van der Waals surface area (Å²) in [6, 6.07) is 0. The number of rotatable bonds is 0. The second-order valence-electron chi connectivity index (χ2n) is 1.07. The lowest BCUT2D eigenvalue weighted by Crippen LogP contribution is -2.08. The predicted octanol–water partition coefficient (Wildman–Crippen LogP) is -1.18. The van der Waals surface area contributed by atoms with Crippen molar-refractivity contribution < 1.29 is 14.8 Å². The molecule has 4 heteroatoms. The van der Waals surface area contributed by atoms with E-state index >= 15 is 0 Å². The Bertz CT molecular complexity index is 25.7. The third-order valence-corrected chi connectivity index (χ3v) is 0.552. The van der Waals surface area contributed by atoms with E-state index in [1.54, 1.807) is 0 Å². The van der Waals surface area contributed by atoms with Crippen molar-refractivity contribution in [2.45, 2.75) is 6.42 Å². The van der Waals surface area contributed by atoms with E-state index in [9.17, 15) is 0 Å². The van der Waals surface area contributed by atoms with Crippen LogP contribution in [0.3, 0.4) is 0 Å². The van der Waals surface area contributed by atoms with Crippen molar-refractivity contribution in [2.75, 3.05) is 13.2 Å². The first-order valence-corrected chi connectivity index (χ1v) is 1.91. The van der Waals surface area contributed by atoms with Crippen molar-refractivity contribution in [2.24, 2.45) is 0 Å². The van der Waals surface area contributed by atoms with Gasteiger partial charge in [-0.25, -0.2) is 9.78 Å². The second kappa shape index (κ2) is 4.26. The average molecular weight is 122 g/mol. The van der Waals surface area contributed by atoms with Crippen LogP contribution in [0.25, 0.3) is 0 Å². The van der Waals surface area contributed by atoms with Gasteiger partial charge in [-0.15, -0.1) is 0 Å². The van der Waals surface area contributed by atoms with Crippen LogP contribution in [0.4, 0.5) is 0 Å². The third kappa shape index (κ3) is 2.75. The van der Waals surface area contributed by atoms with Gasteiger partial charge in [-0.2, -0.15) is 0 Å². The molecule has 0 atom stereocenters. The molecule has 3 nitrogen and oxygen atoms in total. The molecule has 44 valence electrons. The standard InChI is InChI=1S/C3H6O3.H4Si/c1-2-4-6-5-3-1;/h1-3H2;1H4. The van der Waals surface area contributed by atoms with Crippen molar-refractivity contribution >= 4 is 11.0 Å². The molecule has 0 aliphatic carbocycles. The molecule has 0 bridgehead atoms. The Morgan fingerprint density at radius 3 is 1.71 bits per heavy atom. The molecule has 1 aliphatic rings. The normalized spacial score (nSPS) is 20.6. The highest BCUT2D eigenvalue weighted by Gasteiger charge is 1.96. The Morgan fingerprint density at radius 2 is 1.57 bits per heavy atom. The van der Waals surface area contributed by atoms with E-state index in [-0.39, 0.29) is 11.0 Å². The van der Waals surface area contributed by atoms with Gasteiger partial charge in [0.15, 0.2) is 0 Å². The summed E-state index contributed by atoms with van der Waals surface area (Å²) >= 11 is 0. The molecule has 0 aromatic heterocycles. The molecule has 0 radical (unpaired) electrons. The van der Waals surface area contributed by atoms with E-state index < -0.39 is 0 Å². The van der Waals surface area contributed by atoms with Gasteiger partial charge in [-0.05, 0) is 11.0 Å². The molecule has 0 N–H and O–H groups in total. The first-order valence-electron chi connectivity index (χ1n) is 1.91. The van der Waals surface area contributed by atoms with Crippen LogP contribution in [0.2, 0.25) is 0 Å². The minimum atomic E-state index is 0. The molecule has 0 aromatic carbocycles. The highest BCUT2D eigenvalue weighted by atomic mass is 28.1. The predicted molar refractivity (Wildman–Crippen MR) is 28.9 cm³/mol. The van der Waals surface area contributed by atoms with E-state index in [1.165, 1.54) is 0 Å². The quantitative estimate of drug-likeness (QED) is 0.299. The Balaban J connectivity index is 0.000000360. The van der Waals surface area contributed by atoms with Gasteiger partial charge >= 0.3 is 0 Å². The molecule has 1 saturated heterocycles. The lowest BCUT2D eigenvalue weighted by molar-refractivity contribution is -0.532. The second-order valence-corrected chi connectivity index (χ2v) is 1.07. The minimum Gasteiger partial charge on any atom is -0.206 e. The zero-order valence-corrected chi connectivity index (χ0v) is 3.35. The fourth-order valence-corrected chi connectivity index (χ4v) is 0.279. The molecule has 0 saturated carbocycles. The van der Waals surface area contributed by atoms with Crippen molar-refractivity contribution in [3.63, 3.8) is 0 Å². The maximum absolute atomic E-state index is 4.35. The summed E-state index contributed by atoms with van der Waals surface area (Å²) in [7, 11) is 0. The molecule has 1 fully saturated rings. The Hall–Kier alpha value is 0.0969. The van der Waals surface area contributed by atoms with E-state index in [4.69, 9.17) is 0 Å². The maximum Gasteiger partial charge on any atom is 0.0877 e. The van der Waals surface area contributed by atoms with Gasteiger partial charge in [-0.1, -0.05) is 5.04 Å². The summed E-state index contributed by atoms with van der Waals surface area (Å²) in [5, 5.41) is 4.07. The van der Waals surface area contributed by atoms with Crippen LogP contribution < -0.4 is 0 Å². The van der Waals surface area contributed by atoms with E-state index in [1.807, 2.05) is 0 Å². The monoisotopic (exact) mass is 122 g/mol.